The van der Waals surface area contributed by atoms with Crippen LogP contribution in [-0.2, 0) is 7.05 Å². The molecule has 0 aromatic carbocycles. The first-order valence-electron chi connectivity index (χ1n) is 5.43. The maximum absolute atomic E-state index is 6.23. The molecular weight excluding hydrogens is 200 g/mol. The van der Waals surface area contributed by atoms with Gasteiger partial charge in [-0.1, -0.05) is 20.8 Å². The van der Waals surface area contributed by atoms with Crippen LogP contribution in [0.25, 0.3) is 11.0 Å². The number of pyridine rings is 1. The van der Waals surface area contributed by atoms with Gasteiger partial charge in [0.25, 0.3) is 0 Å². The molecule has 0 saturated carbocycles. The van der Waals surface area contributed by atoms with Gasteiger partial charge >= 0.3 is 0 Å². The molecule has 0 fully saturated rings. The highest BCUT2D eigenvalue weighted by Gasteiger charge is 2.26. The molecule has 4 heteroatoms. The Morgan fingerprint density at radius 2 is 2.06 bits per heavy atom. The average Bonchev–Trinajstić information content (AvgIpc) is 2.54. The lowest BCUT2D eigenvalue weighted by atomic mass is 9.87. The van der Waals surface area contributed by atoms with Gasteiger partial charge in [-0.05, 0) is 11.5 Å². The lowest BCUT2D eigenvalue weighted by Gasteiger charge is -2.26. The van der Waals surface area contributed by atoms with Crippen molar-refractivity contribution in [3.63, 3.8) is 0 Å². The molecule has 2 rings (SSSR count). The summed E-state index contributed by atoms with van der Waals surface area (Å²) < 4.78 is 2.03. The highest BCUT2D eigenvalue weighted by Crippen LogP contribution is 2.30. The van der Waals surface area contributed by atoms with E-state index < -0.39 is 0 Å². The molecule has 0 amide bonds. The molecule has 0 aliphatic rings. The van der Waals surface area contributed by atoms with Gasteiger partial charge in [-0.3, -0.25) is 4.98 Å². The number of nitrogens with zero attached hydrogens (tertiary/aromatic N) is 3. The minimum Gasteiger partial charge on any atom is -0.329 e. The SMILES string of the molecule is Cn1c(C(N)C(C)(C)C)nc2ccncc21. The quantitative estimate of drug-likeness (QED) is 0.796. The maximum Gasteiger partial charge on any atom is 0.127 e. The van der Waals surface area contributed by atoms with E-state index >= 15 is 0 Å². The van der Waals surface area contributed by atoms with Crippen LogP contribution < -0.4 is 5.73 Å². The molecule has 1 atom stereocenters. The van der Waals surface area contributed by atoms with Crippen molar-refractivity contribution in [2.24, 2.45) is 18.2 Å². The van der Waals surface area contributed by atoms with Gasteiger partial charge in [0.15, 0.2) is 0 Å². The first-order chi connectivity index (χ1) is 7.41. The van der Waals surface area contributed by atoms with E-state index in [2.05, 4.69) is 30.7 Å². The molecule has 2 aromatic rings. The highest BCUT2D eigenvalue weighted by molar-refractivity contribution is 5.74. The minimum atomic E-state index is -0.0788. The van der Waals surface area contributed by atoms with E-state index in [4.69, 9.17) is 5.73 Å². The number of fused-ring (bicyclic) bond motifs is 1. The van der Waals surface area contributed by atoms with Gasteiger partial charge in [-0.25, -0.2) is 4.98 Å². The molecule has 0 saturated heterocycles. The van der Waals surface area contributed by atoms with Crippen molar-refractivity contribution in [2.75, 3.05) is 0 Å². The Kier molecular flexibility index (Phi) is 2.46. The monoisotopic (exact) mass is 218 g/mol. The Morgan fingerprint density at radius 3 is 2.62 bits per heavy atom. The highest BCUT2D eigenvalue weighted by atomic mass is 15.1. The van der Waals surface area contributed by atoms with E-state index in [1.165, 1.54) is 0 Å². The van der Waals surface area contributed by atoms with E-state index in [9.17, 15) is 0 Å². The largest absolute Gasteiger partial charge is 0.329 e. The zero-order chi connectivity index (χ0) is 11.9. The van der Waals surface area contributed by atoms with Crippen molar-refractivity contribution in [3.8, 4) is 0 Å². The van der Waals surface area contributed by atoms with Gasteiger partial charge in [-0.15, -0.1) is 0 Å². The normalized spacial score (nSPS) is 14.3. The van der Waals surface area contributed by atoms with Crippen molar-refractivity contribution < 1.29 is 0 Å². The van der Waals surface area contributed by atoms with Crippen LogP contribution in [0.4, 0.5) is 0 Å². The molecular formula is C12H18N4. The topological polar surface area (TPSA) is 56.7 Å². The smallest absolute Gasteiger partial charge is 0.127 e. The zero-order valence-electron chi connectivity index (χ0n) is 10.2. The predicted molar refractivity (Wildman–Crippen MR) is 64.9 cm³/mol. The second kappa shape index (κ2) is 3.56. The van der Waals surface area contributed by atoms with Crippen LogP contribution in [0, 0.1) is 5.41 Å². The molecule has 1 unspecified atom stereocenters. The van der Waals surface area contributed by atoms with E-state index in [1.54, 1.807) is 6.20 Å². The molecule has 0 spiro atoms. The van der Waals surface area contributed by atoms with E-state index in [0.29, 0.717) is 0 Å². The summed E-state index contributed by atoms with van der Waals surface area (Å²) in [6.45, 7) is 6.36. The predicted octanol–water partition coefficient (Wildman–Crippen LogP) is 2.01. The molecule has 2 heterocycles. The molecule has 0 aliphatic heterocycles. The molecule has 0 aliphatic carbocycles. The minimum absolute atomic E-state index is 0.00254. The number of imidazole rings is 1. The molecule has 2 aromatic heterocycles. The lowest BCUT2D eigenvalue weighted by molar-refractivity contribution is 0.311. The molecule has 16 heavy (non-hydrogen) atoms. The average molecular weight is 218 g/mol. The first-order valence-corrected chi connectivity index (χ1v) is 5.43. The number of aromatic nitrogens is 3. The van der Waals surface area contributed by atoms with Gasteiger partial charge in [0.1, 0.15) is 5.82 Å². The van der Waals surface area contributed by atoms with Gasteiger partial charge in [0.2, 0.25) is 0 Å². The fourth-order valence-corrected chi connectivity index (χ4v) is 1.72. The summed E-state index contributed by atoms with van der Waals surface area (Å²) in [5.74, 6) is 0.913. The van der Waals surface area contributed by atoms with Gasteiger partial charge in [-0.2, -0.15) is 0 Å². The van der Waals surface area contributed by atoms with Gasteiger partial charge in [0, 0.05) is 13.2 Å². The molecule has 0 bridgehead atoms. The van der Waals surface area contributed by atoms with Crippen LogP contribution in [0.3, 0.4) is 0 Å². The summed E-state index contributed by atoms with van der Waals surface area (Å²) >= 11 is 0. The molecule has 4 nitrogen and oxygen atoms in total. The van der Waals surface area contributed by atoms with Crippen LogP contribution in [0.15, 0.2) is 18.5 Å². The number of rotatable bonds is 1. The van der Waals surface area contributed by atoms with Crippen molar-refractivity contribution in [1.82, 2.24) is 14.5 Å². The van der Waals surface area contributed by atoms with Crippen LogP contribution in [-0.4, -0.2) is 14.5 Å². The summed E-state index contributed by atoms with van der Waals surface area (Å²) in [4.78, 5) is 8.68. The van der Waals surface area contributed by atoms with E-state index in [-0.39, 0.29) is 11.5 Å². The summed E-state index contributed by atoms with van der Waals surface area (Å²) in [5, 5.41) is 0. The summed E-state index contributed by atoms with van der Waals surface area (Å²) in [5.41, 5.74) is 8.21. The van der Waals surface area contributed by atoms with E-state index in [1.807, 2.05) is 23.9 Å². The van der Waals surface area contributed by atoms with Crippen LogP contribution >= 0.6 is 0 Å². The van der Waals surface area contributed by atoms with Crippen molar-refractivity contribution in [2.45, 2.75) is 26.8 Å². The van der Waals surface area contributed by atoms with Crippen LogP contribution in [0.2, 0.25) is 0 Å². The molecule has 86 valence electrons. The van der Waals surface area contributed by atoms with Crippen molar-refractivity contribution in [3.05, 3.63) is 24.3 Å². The first kappa shape index (κ1) is 11.1. The second-order valence-electron chi connectivity index (χ2n) is 5.24. The standard InChI is InChI=1S/C12H18N4/c1-12(2,3)10(13)11-15-8-5-6-14-7-9(8)16(11)4/h5-7,10H,13H2,1-4H3. The van der Waals surface area contributed by atoms with Crippen molar-refractivity contribution in [1.29, 1.82) is 0 Å². The van der Waals surface area contributed by atoms with Crippen LogP contribution in [0.1, 0.15) is 32.6 Å². The van der Waals surface area contributed by atoms with E-state index in [0.717, 1.165) is 16.9 Å². The third kappa shape index (κ3) is 1.69. The van der Waals surface area contributed by atoms with Crippen molar-refractivity contribution >= 4 is 11.0 Å². The summed E-state index contributed by atoms with van der Waals surface area (Å²) in [7, 11) is 1.98. The Morgan fingerprint density at radius 1 is 1.38 bits per heavy atom. The molecule has 2 N–H and O–H groups in total. The number of nitrogens with two attached hydrogens (primary N) is 1. The fraction of sp³-hybridized carbons (Fsp3) is 0.500. The second-order valence-corrected chi connectivity index (χ2v) is 5.24. The fourth-order valence-electron chi connectivity index (χ4n) is 1.72. The Balaban J connectivity index is 2.58. The maximum atomic E-state index is 6.23. The van der Waals surface area contributed by atoms with Gasteiger partial charge in [0.05, 0.1) is 23.3 Å². The number of aryl methyl sites for hydroxylation is 1. The number of hydrogen-bond donors (Lipinski definition) is 1. The Bertz CT molecular complexity index is 507. The third-order valence-corrected chi connectivity index (χ3v) is 2.93. The number of hydrogen-bond acceptors (Lipinski definition) is 3. The van der Waals surface area contributed by atoms with Crippen LogP contribution in [0.5, 0.6) is 0 Å². The Hall–Kier alpha value is -1.42. The summed E-state index contributed by atoms with van der Waals surface area (Å²) in [6, 6.07) is 1.83. The lowest BCUT2D eigenvalue weighted by Crippen LogP contribution is -2.28. The summed E-state index contributed by atoms with van der Waals surface area (Å²) in [6.07, 6.45) is 3.57. The molecule has 0 radical (unpaired) electrons. The van der Waals surface area contributed by atoms with Gasteiger partial charge < -0.3 is 10.3 Å². The third-order valence-electron chi connectivity index (χ3n) is 2.93. The Labute approximate surface area is 95.5 Å². The zero-order valence-corrected chi connectivity index (χ0v) is 10.2.